The van der Waals surface area contributed by atoms with E-state index in [9.17, 15) is 0 Å². The van der Waals surface area contributed by atoms with Gasteiger partial charge in [-0.1, -0.05) is 60.7 Å². The monoisotopic (exact) mass is 408 g/mol. The molecule has 8 nitrogen and oxygen atoms in total. The Morgan fingerprint density at radius 3 is 2.48 bits per heavy atom. The van der Waals surface area contributed by atoms with Gasteiger partial charge < -0.3 is 10.6 Å². The predicted octanol–water partition coefficient (Wildman–Crippen LogP) is 3.98. The molecule has 5 aromatic rings. The Labute approximate surface area is 179 Å². The van der Waals surface area contributed by atoms with Crippen LogP contribution in [0.4, 0.5) is 17.7 Å². The molecule has 152 valence electrons. The highest BCUT2D eigenvalue weighted by Gasteiger charge is 2.10. The van der Waals surface area contributed by atoms with Crippen LogP contribution >= 0.6 is 0 Å². The maximum Gasteiger partial charge on any atom is 0.232 e. The van der Waals surface area contributed by atoms with E-state index in [0.29, 0.717) is 23.4 Å². The third kappa shape index (κ3) is 4.32. The number of fused-ring (bicyclic) bond motifs is 1. The second kappa shape index (κ2) is 8.58. The molecule has 3 heterocycles. The van der Waals surface area contributed by atoms with Crippen LogP contribution in [0.15, 0.2) is 85.3 Å². The van der Waals surface area contributed by atoms with Crippen molar-refractivity contribution in [1.29, 1.82) is 0 Å². The summed E-state index contributed by atoms with van der Waals surface area (Å²) in [4.78, 5) is 17.9. The molecule has 0 spiro atoms. The zero-order valence-electron chi connectivity index (χ0n) is 16.7. The quantitative estimate of drug-likeness (QED) is 0.421. The third-order valence-electron chi connectivity index (χ3n) is 4.77. The summed E-state index contributed by atoms with van der Waals surface area (Å²) < 4.78 is 1.65. The van der Waals surface area contributed by atoms with Crippen LogP contribution in [0.5, 0.6) is 0 Å². The SMILES string of the molecule is c1ccc(CCNc2nccc(Nc3nc(-c4ccccc4)cc4ncnn34)n2)cc1. The molecule has 3 aromatic heterocycles. The van der Waals surface area contributed by atoms with Crippen LogP contribution in [0.25, 0.3) is 16.9 Å². The maximum atomic E-state index is 4.74. The van der Waals surface area contributed by atoms with E-state index in [4.69, 9.17) is 4.98 Å². The maximum absolute atomic E-state index is 4.74. The lowest BCUT2D eigenvalue weighted by molar-refractivity contribution is 0.930. The minimum Gasteiger partial charge on any atom is -0.354 e. The number of aromatic nitrogens is 6. The lowest BCUT2D eigenvalue weighted by Gasteiger charge is -2.10. The zero-order chi connectivity index (χ0) is 20.9. The molecule has 0 radical (unpaired) electrons. The third-order valence-corrected chi connectivity index (χ3v) is 4.77. The van der Waals surface area contributed by atoms with Crippen LogP contribution < -0.4 is 10.6 Å². The van der Waals surface area contributed by atoms with Gasteiger partial charge in [-0.2, -0.15) is 14.6 Å². The van der Waals surface area contributed by atoms with E-state index in [-0.39, 0.29) is 0 Å². The topological polar surface area (TPSA) is 92.9 Å². The molecule has 0 aliphatic carbocycles. The summed E-state index contributed by atoms with van der Waals surface area (Å²) >= 11 is 0. The average molecular weight is 408 g/mol. The van der Waals surface area contributed by atoms with Gasteiger partial charge in [0.15, 0.2) is 5.65 Å². The highest BCUT2D eigenvalue weighted by Crippen LogP contribution is 2.22. The molecule has 0 bridgehead atoms. The number of hydrogen-bond donors (Lipinski definition) is 2. The van der Waals surface area contributed by atoms with E-state index in [1.807, 2.05) is 54.6 Å². The van der Waals surface area contributed by atoms with Crippen molar-refractivity contribution >= 4 is 23.4 Å². The van der Waals surface area contributed by atoms with Crippen molar-refractivity contribution in [2.45, 2.75) is 6.42 Å². The second-order valence-corrected chi connectivity index (χ2v) is 6.91. The van der Waals surface area contributed by atoms with Crippen molar-refractivity contribution in [3.05, 3.63) is 90.9 Å². The number of nitrogens with zero attached hydrogens (tertiary/aromatic N) is 6. The first kappa shape index (κ1) is 18.7. The number of anilines is 3. The zero-order valence-corrected chi connectivity index (χ0v) is 16.7. The summed E-state index contributed by atoms with van der Waals surface area (Å²) in [5.41, 5.74) is 3.77. The van der Waals surface area contributed by atoms with Gasteiger partial charge in [-0.05, 0) is 18.1 Å². The van der Waals surface area contributed by atoms with Gasteiger partial charge in [0.1, 0.15) is 12.1 Å². The molecule has 2 N–H and O–H groups in total. The summed E-state index contributed by atoms with van der Waals surface area (Å²) in [7, 11) is 0. The first-order chi connectivity index (χ1) is 15.3. The highest BCUT2D eigenvalue weighted by atomic mass is 15.4. The molecule has 0 fully saturated rings. The normalized spacial score (nSPS) is 10.8. The van der Waals surface area contributed by atoms with E-state index in [1.54, 1.807) is 16.8 Å². The Morgan fingerprint density at radius 1 is 0.839 bits per heavy atom. The Bertz CT molecular complexity index is 1280. The van der Waals surface area contributed by atoms with Gasteiger partial charge >= 0.3 is 0 Å². The fourth-order valence-corrected chi connectivity index (χ4v) is 3.26. The fraction of sp³-hybridized carbons (Fsp3) is 0.0870. The molecule has 0 unspecified atom stereocenters. The van der Waals surface area contributed by atoms with Gasteiger partial charge in [0.2, 0.25) is 11.9 Å². The van der Waals surface area contributed by atoms with Crippen LogP contribution in [0.1, 0.15) is 5.56 Å². The molecule has 0 aliphatic rings. The van der Waals surface area contributed by atoms with E-state index in [2.05, 4.69) is 42.8 Å². The Morgan fingerprint density at radius 2 is 1.65 bits per heavy atom. The summed E-state index contributed by atoms with van der Waals surface area (Å²) in [5, 5.41) is 10.8. The molecule has 0 aliphatic heterocycles. The molecule has 0 saturated heterocycles. The van der Waals surface area contributed by atoms with E-state index in [1.165, 1.54) is 11.9 Å². The van der Waals surface area contributed by atoms with Gasteiger partial charge in [-0.3, -0.25) is 0 Å². The lowest BCUT2D eigenvalue weighted by atomic mass is 10.1. The Kier molecular flexibility index (Phi) is 5.17. The number of rotatable bonds is 7. The fourth-order valence-electron chi connectivity index (χ4n) is 3.26. The number of benzene rings is 2. The first-order valence-corrected chi connectivity index (χ1v) is 9.99. The second-order valence-electron chi connectivity index (χ2n) is 6.91. The Balaban J connectivity index is 1.36. The molecule has 5 rings (SSSR count). The van der Waals surface area contributed by atoms with Crippen LogP contribution in [0, 0.1) is 0 Å². The minimum atomic E-state index is 0.530. The molecule has 0 saturated carbocycles. The molecular weight excluding hydrogens is 388 g/mol. The van der Waals surface area contributed by atoms with Crippen molar-refractivity contribution in [1.82, 2.24) is 29.5 Å². The summed E-state index contributed by atoms with van der Waals surface area (Å²) in [6.45, 7) is 0.739. The van der Waals surface area contributed by atoms with Crippen LogP contribution in [0.3, 0.4) is 0 Å². The van der Waals surface area contributed by atoms with Crippen molar-refractivity contribution in [2.75, 3.05) is 17.2 Å². The number of nitrogens with one attached hydrogen (secondary N) is 2. The van der Waals surface area contributed by atoms with Gasteiger partial charge in [-0.15, -0.1) is 0 Å². The van der Waals surface area contributed by atoms with E-state index >= 15 is 0 Å². The molecule has 0 atom stereocenters. The number of hydrogen-bond acceptors (Lipinski definition) is 7. The summed E-state index contributed by atoms with van der Waals surface area (Å²) in [6.07, 6.45) is 4.11. The highest BCUT2D eigenvalue weighted by molar-refractivity contribution is 5.66. The van der Waals surface area contributed by atoms with Gasteiger partial charge in [-0.25, -0.2) is 15.0 Å². The molecule has 8 heteroatoms. The van der Waals surface area contributed by atoms with Crippen molar-refractivity contribution in [3.63, 3.8) is 0 Å². The molecule has 2 aromatic carbocycles. The van der Waals surface area contributed by atoms with E-state index in [0.717, 1.165) is 24.2 Å². The van der Waals surface area contributed by atoms with Crippen molar-refractivity contribution in [2.24, 2.45) is 0 Å². The molecule has 31 heavy (non-hydrogen) atoms. The van der Waals surface area contributed by atoms with Crippen LogP contribution in [-0.4, -0.2) is 36.1 Å². The van der Waals surface area contributed by atoms with Crippen molar-refractivity contribution < 1.29 is 0 Å². The van der Waals surface area contributed by atoms with Crippen molar-refractivity contribution in [3.8, 4) is 11.3 Å². The van der Waals surface area contributed by atoms with Gasteiger partial charge in [0, 0.05) is 24.4 Å². The smallest absolute Gasteiger partial charge is 0.232 e. The molecular formula is C23H20N8. The van der Waals surface area contributed by atoms with Gasteiger partial charge in [0.25, 0.3) is 0 Å². The van der Waals surface area contributed by atoms with Crippen LogP contribution in [-0.2, 0) is 6.42 Å². The Hall–Kier alpha value is -4.33. The first-order valence-electron chi connectivity index (χ1n) is 9.99. The average Bonchev–Trinajstić information content (AvgIpc) is 3.30. The minimum absolute atomic E-state index is 0.530. The lowest BCUT2D eigenvalue weighted by Crippen LogP contribution is -2.10. The predicted molar refractivity (Wildman–Crippen MR) is 120 cm³/mol. The van der Waals surface area contributed by atoms with E-state index < -0.39 is 0 Å². The van der Waals surface area contributed by atoms with Gasteiger partial charge in [0.05, 0.1) is 5.69 Å². The summed E-state index contributed by atoms with van der Waals surface area (Å²) in [5.74, 6) is 1.70. The standard InChI is InChI=1S/C23H20N8/c1-3-7-17(8-4-1)11-13-24-22-25-14-12-20(29-22)30-23-28-19(18-9-5-2-6-10-18)15-21-26-16-27-31(21)23/h1-10,12,14-16H,11,13H2,(H2,24,25,28,29,30). The van der Waals surface area contributed by atoms with Crippen LogP contribution in [0.2, 0.25) is 0 Å². The summed E-state index contributed by atoms with van der Waals surface area (Å²) in [6, 6.07) is 24.0. The largest absolute Gasteiger partial charge is 0.354 e. The molecule has 0 amide bonds.